The number of imide groups is 1. The number of fused-ring (bicyclic) bond motifs is 3. The van der Waals surface area contributed by atoms with Crippen molar-refractivity contribution in [1.29, 1.82) is 0 Å². The van der Waals surface area contributed by atoms with Gasteiger partial charge in [0.05, 0.1) is 12.8 Å². The Labute approximate surface area is 186 Å². The number of rotatable bonds is 4. The lowest BCUT2D eigenvalue weighted by Gasteiger charge is -2.33. The number of aliphatic imine (C=N–C) groups is 1. The van der Waals surface area contributed by atoms with E-state index in [9.17, 15) is 9.59 Å². The van der Waals surface area contributed by atoms with Gasteiger partial charge in [0, 0.05) is 7.05 Å². The molecule has 0 saturated carbocycles. The van der Waals surface area contributed by atoms with E-state index in [0.717, 1.165) is 33.8 Å². The van der Waals surface area contributed by atoms with Gasteiger partial charge in [-0.2, -0.15) is 0 Å². The fourth-order valence-corrected chi connectivity index (χ4v) is 4.54. The van der Waals surface area contributed by atoms with Crippen LogP contribution >= 0.6 is 0 Å². The van der Waals surface area contributed by atoms with E-state index in [1.807, 2.05) is 67.2 Å². The zero-order valence-corrected chi connectivity index (χ0v) is 18.9. The molecular formula is C24H26N5O3+. The van der Waals surface area contributed by atoms with E-state index in [-0.39, 0.29) is 18.5 Å². The third-order valence-corrected chi connectivity index (χ3v) is 6.55. The molecule has 0 aliphatic carbocycles. The Bertz CT molecular complexity index is 1290. The molecule has 2 aliphatic heterocycles. The molecule has 164 valence electrons. The van der Waals surface area contributed by atoms with Crippen molar-refractivity contribution in [3.63, 3.8) is 0 Å². The Morgan fingerprint density at radius 3 is 2.62 bits per heavy atom. The van der Waals surface area contributed by atoms with E-state index in [1.54, 1.807) is 13.3 Å². The summed E-state index contributed by atoms with van der Waals surface area (Å²) in [5.41, 5.74) is 5.06. The van der Waals surface area contributed by atoms with E-state index >= 15 is 0 Å². The normalized spacial score (nSPS) is 17.7. The van der Waals surface area contributed by atoms with E-state index < -0.39 is 6.04 Å². The minimum atomic E-state index is -0.658. The van der Waals surface area contributed by atoms with E-state index in [1.165, 1.54) is 9.80 Å². The van der Waals surface area contributed by atoms with Gasteiger partial charge < -0.3 is 4.42 Å². The van der Waals surface area contributed by atoms with Gasteiger partial charge in [-0.1, -0.05) is 28.8 Å². The fraction of sp³-hybridized carbons (Fsp3) is 0.333. The monoisotopic (exact) mass is 432 g/mol. The maximum atomic E-state index is 13.7. The van der Waals surface area contributed by atoms with Gasteiger partial charge >= 0.3 is 12.0 Å². The van der Waals surface area contributed by atoms with Gasteiger partial charge in [-0.05, 0) is 51.0 Å². The van der Waals surface area contributed by atoms with Crippen molar-refractivity contribution in [2.45, 2.75) is 46.8 Å². The Morgan fingerprint density at radius 2 is 1.91 bits per heavy atom. The molecule has 8 heteroatoms. The predicted molar refractivity (Wildman–Crippen MR) is 118 cm³/mol. The van der Waals surface area contributed by atoms with Crippen molar-refractivity contribution in [3.05, 3.63) is 70.4 Å². The summed E-state index contributed by atoms with van der Waals surface area (Å²) in [5.74, 6) is 1.66. The molecule has 1 atom stereocenters. The number of carbonyl (C=O) groups is 2. The summed E-state index contributed by atoms with van der Waals surface area (Å²) < 4.78 is 9.49. The van der Waals surface area contributed by atoms with Crippen molar-refractivity contribution in [1.82, 2.24) is 14.4 Å². The first kappa shape index (κ1) is 20.2. The van der Waals surface area contributed by atoms with Crippen molar-refractivity contribution < 1.29 is 18.6 Å². The summed E-state index contributed by atoms with van der Waals surface area (Å²) in [6, 6.07) is 8.82. The van der Waals surface area contributed by atoms with E-state index in [0.29, 0.717) is 18.3 Å². The van der Waals surface area contributed by atoms with Crippen LogP contribution in [0.1, 0.15) is 39.9 Å². The molecule has 1 fully saturated rings. The summed E-state index contributed by atoms with van der Waals surface area (Å²) >= 11 is 0. The Balaban J connectivity index is 1.56. The van der Waals surface area contributed by atoms with Gasteiger partial charge in [0.2, 0.25) is 11.9 Å². The highest BCUT2D eigenvalue weighted by atomic mass is 16.3. The predicted octanol–water partition coefficient (Wildman–Crippen LogP) is 3.33. The lowest BCUT2D eigenvalue weighted by molar-refractivity contribution is -0.682. The molecule has 3 aromatic rings. The maximum Gasteiger partial charge on any atom is 0.402 e. The number of imidazole rings is 1. The maximum absolute atomic E-state index is 13.7. The minimum absolute atomic E-state index is 0.236. The van der Waals surface area contributed by atoms with E-state index in [4.69, 9.17) is 9.41 Å². The largest absolute Gasteiger partial charge is 0.466 e. The summed E-state index contributed by atoms with van der Waals surface area (Å²) in [6.07, 6.45) is 1.64. The summed E-state index contributed by atoms with van der Waals surface area (Å²) in [7, 11) is 1.68. The molecule has 8 nitrogen and oxygen atoms in total. The molecule has 0 spiro atoms. The molecular weight excluding hydrogens is 406 g/mol. The topological polar surface area (TPSA) is 74.9 Å². The summed E-state index contributed by atoms with van der Waals surface area (Å²) in [4.78, 5) is 34.4. The van der Waals surface area contributed by atoms with Gasteiger partial charge in [-0.25, -0.2) is 13.9 Å². The van der Waals surface area contributed by atoms with Gasteiger partial charge in [0.1, 0.15) is 23.7 Å². The first-order valence-corrected chi connectivity index (χ1v) is 10.6. The van der Waals surface area contributed by atoms with Gasteiger partial charge in [-0.15, -0.1) is 0 Å². The smallest absolute Gasteiger partial charge is 0.402 e. The standard InChI is InChI=1S/C24H26N5O3/c1-14-8-9-15(2)18(11-14)12-28-22(30)20-21(26(5)24(28)31)25-23-27(13-19-7-6-10-32-19)16(3)17(4)29(20)23/h6-11,20H,12-13H2,1-5H3/q+1. The average Bonchev–Trinajstić information content (AvgIpc) is 3.47. The number of carbonyl (C=O) groups excluding carboxylic acids is 2. The van der Waals surface area contributed by atoms with Crippen LogP contribution in [-0.2, 0) is 17.9 Å². The van der Waals surface area contributed by atoms with Crippen LogP contribution in [0.15, 0.2) is 46.0 Å². The van der Waals surface area contributed by atoms with Crippen LogP contribution < -0.4 is 4.57 Å². The SMILES string of the molecule is Cc1ccc(C)c(CN2C(=O)C3C(=Nc4n3c(C)c(C)[n+]4Cc3ccco3)N(C)C2=O)c1. The quantitative estimate of drug-likeness (QED) is 0.594. The van der Waals surface area contributed by atoms with Gasteiger partial charge in [0.25, 0.3) is 5.91 Å². The third kappa shape index (κ3) is 2.90. The zero-order chi connectivity index (χ0) is 22.7. The highest BCUT2D eigenvalue weighted by molar-refractivity contribution is 6.20. The van der Waals surface area contributed by atoms with Crippen LogP contribution in [0.25, 0.3) is 0 Å². The first-order chi connectivity index (χ1) is 15.3. The zero-order valence-electron chi connectivity index (χ0n) is 18.9. The first-order valence-electron chi connectivity index (χ1n) is 10.6. The Morgan fingerprint density at radius 1 is 1.12 bits per heavy atom. The second-order valence-electron chi connectivity index (χ2n) is 8.57. The number of benzene rings is 1. The molecule has 0 radical (unpaired) electrons. The molecule has 5 rings (SSSR count). The number of amides is 3. The minimum Gasteiger partial charge on any atom is -0.466 e. The molecule has 0 N–H and O–H groups in total. The number of hydrogen-bond acceptors (Lipinski definition) is 4. The lowest BCUT2D eigenvalue weighted by Crippen LogP contribution is -2.57. The molecule has 1 saturated heterocycles. The highest BCUT2D eigenvalue weighted by Crippen LogP contribution is 2.36. The van der Waals surface area contributed by atoms with Crippen molar-refractivity contribution in [2.75, 3.05) is 7.05 Å². The molecule has 32 heavy (non-hydrogen) atoms. The number of urea groups is 1. The Kier molecular flexibility index (Phi) is 4.54. The number of aryl methyl sites for hydroxylation is 2. The Hall–Kier alpha value is -3.68. The number of likely N-dealkylation sites (N-methyl/N-ethyl adjacent to an activating group) is 1. The van der Waals surface area contributed by atoms with Crippen LogP contribution in [-0.4, -0.2) is 39.2 Å². The number of amidine groups is 1. The molecule has 0 bridgehead atoms. The van der Waals surface area contributed by atoms with E-state index in [2.05, 4.69) is 0 Å². The van der Waals surface area contributed by atoms with Crippen LogP contribution in [0.5, 0.6) is 0 Å². The van der Waals surface area contributed by atoms with Gasteiger partial charge in [0.15, 0.2) is 0 Å². The van der Waals surface area contributed by atoms with Crippen LogP contribution in [0.2, 0.25) is 0 Å². The molecule has 4 heterocycles. The average molecular weight is 433 g/mol. The number of nitrogens with zero attached hydrogens (tertiary/aromatic N) is 5. The number of aromatic nitrogens is 2. The molecule has 1 unspecified atom stereocenters. The van der Waals surface area contributed by atoms with Crippen LogP contribution in [0.3, 0.4) is 0 Å². The van der Waals surface area contributed by atoms with Gasteiger partial charge in [-0.3, -0.25) is 14.6 Å². The van der Waals surface area contributed by atoms with Crippen LogP contribution in [0.4, 0.5) is 10.7 Å². The van der Waals surface area contributed by atoms with Crippen molar-refractivity contribution >= 4 is 23.7 Å². The molecule has 1 aromatic carbocycles. The summed E-state index contributed by atoms with van der Waals surface area (Å²) in [6.45, 7) is 8.73. The van der Waals surface area contributed by atoms with Crippen molar-refractivity contribution in [3.8, 4) is 0 Å². The number of hydrogen-bond donors (Lipinski definition) is 0. The second kappa shape index (κ2) is 7.19. The van der Waals surface area contributed by atoms with Crippen molar-refractivity contribution in [2.24, 2.45) is 4.99 Å². The second-order valence-corrected chi connectivity index (χ2v) is 8.57. The highest BCUT2D eigenvalue weighted by Gasteiger charge is 2.54. The third-order valence-electron chi connectivity index (χ3n) is 6.55. The number of furan rings is 1. The fourth-order valence-electron chi connectivity index (χ4n) is 4.54. The molecule has 2 aliphatic rings. The lowest BCUT2D eigenvalue weighted by atomic mass is 10.0. The summed E-state index contributed by atoms with van der Waals surface area (Å²) in [5, 5.41) is 0. The van der Waals surface area contributed by atoms with Crippen LogP contribution in [0, 0.1) is 27.7 Å². The molecule has 3 amide bonds. The molecule has 2 aromatic heterocycles.